The van der Waals surface area contributed by atoms with Crippen LogP contribution in [0.4, 0.5) is 4.79 Å². The van der Waals surface area contributed by atoms with Gasteiger partial charge in [-0.15, -0.1) is 11.3 Å². The van der Waals surface area contributed by atoms with Gasteiger partial charge in [-0.25, -0.2) is 9.36 Å². The van der Waals surface area contributed by atoms with Crippen LogP contribution in [0.15, 0.2) is 41.9 Å². The van der Waals surface area contributed by atoms with Gasteiger partial charge in [0.25, 0.3) is 0 Å². The first-order valence-corrected chi connectivity index (χ1v) is 5.49. The van der Waals surface area contributed by atoms with E-state index in [-0.39, 0.29) is 0 Å². The summed E-state index contributed by atoms with van der Waals surface area (Å²) < 4.78 is 6.88. The molecule has 5 heteroatoms. The number of ether oxygens (including phenoxy) is 1. The Hall–Kier alpha value is -1.46. The van der Waals surface area contributed by atoms with E-state index in [0.717, 1.165) is 0 Å². The van der Waals surface area contributed by atoms with Crippen molar-refractivity contribution in [3.63, 3.8) is 0 Å². The van der Waals surface area contributed by atoms with Gasteiger partial charge in [0.2, 0.25) is 0 Å². The second-order valence-corrected chi connectivity index (χ2v) is 4.26. The topological polar surface area (TPSA) is 31.2 Å². The van der Waals surface area contributed by atoms with Crippen LogP contribution >= 0.6 is 23.6 Å². The average Bonchev–Trinajstić information content (AvgIpc) is 2.66. The van der Waals surface area contributed by atoms with Crippen LogP contribution in [0.2, 0.25) is 0 Å². The lowest BCUT2D eigenvalue weighted by atomic mass is 10.3. The molecule has 0 unspecified atom stereocenters. The van der Waals surface area contributed by atoms with E-state index < -0.39 is 6.09 Å². The summed E-state index contributed by atoms with van der Waals surface area (Å²) in [5.41, 5.74) is 0. The minimum absolute atomic E-state index is 0.479. The van der Waals surface area contributed by atoms with Crippen molar-refractivity contribution < 1.29 is 9.53 Å². The van der Waals surface area contributed by atoms with Gasteiger partial charge >= 0.3 is 6.09 Å². The van der Waals surface area contributed by atoms with Gasteiger partial charge in [-0.3, -0.25) is 0 Å². The van der Waals surface area contributed by atoms with Crippen LogP contribution in [0, 0.1) is 3.95 Å². The minimum atomic E-state index is -0.479. The predicted octanol–water partition coefficient (Wildman–Crippen LogP) is 3.33. The SMILES string of the molecule is O=C(Oc1ccccc1)n1ccsc1=S. The zero-order valence-electron chi connectivity index (χ0n) is 7.62. The number of aromatic nitrogens is 1. The number of carbonyl (C=O) groups is 1. The first-order valence-electron chi connectivity index (χ1n) is 4.21. The summed E-state index contributed by atoms with van der Waals surface area (Å²) >= 11 is 6.28. The summed E-state index contributed by atoms with van der Waals surface area (Å²) in [6.45, 7) is 0. The maximum Gasteiger partial charge on any atom is 0.425 e. The van der Waals surface area contributed by atoms with E-state index in [1.54, 1.807) is 35.8 Å². The van der Waals surface area contributed by atoms with Crippen LogP contribution in [0.25, 0.3) is 0 Å². The lowest BCUT2D eigenvalue weighted by Crippen LogP contribution is -2.15. The zero-order valence-corrected chi connectivity index (χ0v) is 9.25. The molecule has 0 N–H and O–H groups in total. The highest BCUT2D eigenvalue weighted by atomic mass is 32.1. The maximum absolute atomic E-state index is 11.6. The summed E-state index contributed by atoms with van der Waals surface area (Å²) in [4.78, 5) is 11.6. The number of benzene rings is 1. The normalized spacial score (nSPS) is 9.87. The van der Waals surface area contributed by atoms with Crippen molar-refractivity contribution in [1.82, 2.24) is 4.57 Å². The van der Waals surface area contributed by atoms with Gasteiger partial charge in [0.15, 0.2) is 3.95 Å². The van der Waals surface area contributed by atoms with Crippen molar-refractivity contribution in [3.8, 4) is 5.75 Å². The van der Waals surface area contributed by atoms with Gasteiger partial charge in [0.05, 0.1) is 0 Å². The molecule has 1 heterocycles. The molecule has 0 saturated carbocycles. The molecule has 0 atom stereocenters. The molecule has 0 aliphatic heterocycles. The van der Waals surface area contributed by atoms with Crippen molar-refractivity contribution in [1.29, 1.82) is 0 Å². The summed E-state index contributed by atoms with van der Waals surface area (Å²) in [5, 5.41) is 1.74. The second-order valence-electron chi connectivity index (χ2n) is 2.72. The highest BCUT2D eigenvalue weighted by Crippen LogP contribution is 2.11. The predicted molar refractivity (Wildman–Crippen MR) is 61.0 cm³/mol. The summed E-state index contributed by atoms with van der Waals surface area (Å²) in [5.74, 6) is 0.510. The fraction of sp³-hybridized carbons (Fsp3) is 0. The Morgan fingerprint density at radius 2 is 2.07 bits per heavy atom. The third-order valence-corrected chi connectivity index (χ3v) is 2.86. The van der Waals surface area contributed by atoms with Crippen molar-refractivity contribution in [2.24, 2.45) is 0 Å². The molecule has 76 valence electrons. The Kier molecular flexibility index (Phi) is 2.94. The Morgan fingerprint density at radius 3 is 2.67 bits per heavy atom. The zero-order chi connectivity index (χ0) is 10.7. The van der Waals surface area contributed by atoms with Gasteiger partial charge in [-0.05, 0) is 24.4 Å². The summed E-state index contributed by atoms with van der Waals surface area (Å²) in [6, 6.07) is 8.89. The van der Waals surface area contributed by atoms with Crippen LogP contribution < -0.4 is 4.74 Å². The quantitative estimate of drug-likeness (QED) is 0.713. The number of hydrogen-bond acceptors (Lipinski definition) is 4. The molecule has 0 amide bonds. The number of rotatable bonds is 1. The van der Waals surface area contributed by atoms with Gasteiger partial charge < -0.3 is 4.74 Å². The lowest BCUT2D eigenvalue weighted by molar-refractivity contribution is 0.202. The highest BCUT2D eigenvalue weighted by molar-refractivity contribution is 7.73. The Bertz CT molecular complexity index is 515. The van der Waals surface area contributed by atoms with Crippen LogP contribution in [-0.2, 0) is 0 Å². The van der Waals surface area contributed by atoms with Crippen molar-refractivity contribution in [2.45, 2.75) is 0 Å². The highest BCUT2D eigenvalue weighted by Gasteiger charge is 2.07. The van der Waals surface area contributed by atoms with Crippen molar-refractivity contribution in [2.75, 3.05) is 0 Å². The molecule has 0 saturated heterocycles. The Balaban J connectivity index is 2.18. The second kappa shape index (κ2) is 4.37. The first kappa shape index (κ1) is 10.1. The average molecular weight is 237 g/mol. The fourth-order valence-electron chi connectivity index (χ4n) is 1.04. The van der Waals surface area contributed by atoms with Gasteiger partial charge in [-0.2, -0.15) is 0 Å². The monoisotopic (exact) mass is 237 g/mol. The third-order valence-electron chi connectivity index (χ3n) is 1.72. The minimum Gasteiger partial charge on any atom is -0.410 e. The molecule has 0 fully saturated rings. The molecule has 1 aromatic carbocycles. The molecular weight excluding hydrogens is 230 g/mol. The Morgan fingerprint density at radius 1 is 1.33 bits per heavy atom. The van der Waals surface area contributed by atoms with Crippen molar-refractivity contribution in [3.05, 3.63) is 45.9 Å². The van der Waals surface area contributed by atoms with Crippen LogP contribution in [-0.4, -0.2) is 10.7 Å². The fourth-order valence-corrected chi connectivity index (χ4v) is 1.89. The number of nitrogens with zero attached hydrogens (tertiary/aromatic N) is 1. The van der Waals surface area contributed by atoms with Gasteiger partial charge in [-0.1, -0.05) is 18.2 Å². The van der Waals surface area contributed by atoms with Crippen LogP contribution in [0.3, 0.4) is 0 Å². The van der Waals surface area contributed by atoms with Gasteiger partial charge in [0.1, 0.15) is 5.75 Å². The molecule has 0 aliphatic carbocycles. The van der Waals surface area contributed by atoms with Crippen LogP contribution in [0.5, 0.6) is 5.75 Å². The number of carbonyl (C=O) groups excluding carboxylic acids is 1. The van der Waals surface area contributed by atoms with Crippen LogP contribution in [0.1, 0.15) is 0 Å². The van der Waals surface area contributed by atoms with E-state index in [1.807, 2.05) is 6.07 Å². The standard InChI is InChI=1S/C10H7NO2S2/c12-9(11-6-7-15-10(11)14)13-8-4-2-1-3-5-8/h1-7H. The smallest absolute Gasteiger partial charge is 0.410 e. The molecule has 0 radical (unpaired) electrons. The Labute approximate surface area is 95.6 Å². The molecule has 1 aromatic heterocycles. The van der Waals surface area contributed by atoms with E-state index in [2.05, 4.69) is 0 Å². The number of thiazole rings is 1. The molecule has 15 heavy (non-hydrogen) atoms. The first-order chi connectivity index (χ1) is 7.27. The van der Waals surface area contributed by atoms with Gasteiger partial charge in [0, 0.05) is 11.6 Å². The van der Waals surface area contributed by atoms with E-state index in [9.17, 15) is 4.79 Å². The van der Waals surface area contributed by atoms with E-state index in [4.69, 9.17) is 17.0 Å². The van der Waals surface area contributed by atoms with E-state index in [0.29, 0.717) is 9.70 Å². The van der Waals surface area contributed by atoms with E-state index in [1.165, 1.54) is 15.9 Å². The summed E-state index contributed by atoms with van der Waals surface area (Å²) in [7, 11) is 0. The molecule has 2 rings (SSSR count). The lowest BCUT2D eigenvalue weighted by Gasteiger charge is -2.03. The van der Waals surface area contributed by atoms with E-state index >= 15 is 0 Å². The number of para-hydroxylation sites is 1. The molecule has 0 bridgehead atoms. The maximum atomic E-state index is 11.6. The van der Waals surface area contributed by atoms with Crippen molar-refractivity contribution >= 4 is 29.6 Å². The summed E-state index contributed by atoms with van der Waals surface area (Å²) in [6.07, 6.45) is 1.12. The molecule has 3 nitrogen and oxygen atoms in total. The molecular formula is C10H7NO2S2. The number of hydrogen-bond donors (Lipinski definition) is 0. The third kappa shape index (κ3) is 2.31. The molecule has 0 aliphatic rings. The largest absolute Gasteiger partial charge is 0.425 e. The molecule has 2 aromatic rings. The molecule has 0 spiro atoms.